The van der Waals surface area contributed by atoms with Crippen LogP contribution in [0.15, 0.2) is 48.6 Å². The summed E-state index contributed by atoms with van der Waals surface area (Å²) in [5, 5.41) is 0. The Balaban J connectivity index is 1.70. The van der Waals surface area contributed by atoms with Crippen LogP contribution >= 0.6 is 0 Å². The summed E-state index contributed by atoms with van der Waals surface area (Å²) in [6.07, 6.45) is 10.5. The molecule has 3 rings (SSSR count). The van der Waals surface area contributed by atoms with Gasteiger partial charge in [-0.05, 0) is 81.0 Å². The van der Waals surface area contributed by atoms with Crippen LogP contribution in [0.4, 0.5) is 8.78 Å². The zero-order valence-corrected chi connectivity index (χ0v) is 16.2. The van der Waals surface area contributed by atoms with Crippen molar-refractivity contribution < 1.29 is 13.5 Å². The molecule has 0 saturated heterocycles. The molecule has 1 saturated carbocycles. The normalized spacial score (nSPS) is 20.1. The number of allylic oxidation sites excluding steroid dienone is 2. The van der Waals surface area contributed by atoms with Crippen LogP contribution in [0.5, 0.6) is 5.75 Å². The highest BCUT2D eigenvalue weighted by Crippen LogP contribution is 2.38. The van der Waals surface area contributed by atoms with Gasteiger partial charge in [-0.2, -0.15) is 4.39 Å². The van der Waals surface area contributed by atoms with E-state index in [1.165, 1.54) is 43.7 Å². The van der Waals surface area contributed by atoms with Crippen molar-refractivity contribution in [3.05, 3.63) is 65.7 Å². The van der Waals surface area contributed by atoms with Crippen LogP contribution < -0.4 is 4.74 Å². The fourth-order valence-corrected chi connectivity index (χ4v) is 4.02. The van der Waals surface area contributed by atoms with Crippen LogP contribution in [-0.2, 0) is 0 Å². The molecule has 0 bridgehead atoms. The second-order valence-electron chi connectivity index (χ2n) is 7.32. The molecule has 0 aliphatic heterocycles. The first-order chi connectivity index (χ1) is 13.1. The Hall–Kier alpha value is -2.16. The van der Waals surface area contributed by atoms with Crippen LogP contribution in [-0.4, -0.2) is 6.61 Å². The van der Waals surface area contributed by atoms with E-state index in [2.05, 4.69) is 31.2 Å². The van der Waals surface area contributed by atoms with Crippen LogP contribution in [0, 0.1) is 17.6 Å². The summed E-state index contributed by atoms with van der Waals surface area (Å²) in [5.74, 6) is -0.429. The van der Waals surface area contributed by atoms with Gasteiger partial charge in [-0.3, -0.25) is 0 Å². The average Bonchev–Trinajstić information content (AvgIpc) is 2.71. The SMILES string of the molecule is C/C=C\CC1CCC(c2ccc(-c3ccc(OCC)c(F)c3F)cc2)CC1. The minimum atomic E-state index is -0.919. The van der Waals surface area contributed by atoms with Crippen molar-refractivity contribution in [3.63, 3.8) is 0 Å². The van der Waals surface area contributed by atoms with Gasteiger partial charge in [-0.15, -0.1) is 0 Å². The van der Waals surface area contributed by atoms with Gasteiger partial charge in [0.05, 0.1) is 6.61 Å². The summed E-state index contributed by atoms with van der Waals surface area (Å²) in [7, 11) is 0. The molecule has 0 spiro atoms. The maximum Gasteiger partial charge on any atom is 0.201 e. The lowest BCUT2D eigenvalue weighted by atomic mass is 9.77. The van der Waals surface area contributed by atoms with Gasteiger partial charge in [0.15, 0.2) is 11.6 Å². The molecule has 1 aliphatic carbocycles. The summed E-state index contributed by atoms with van der Waals surface area (Å²) in [5.41, 5.74) is 2.27. The molecule has 0 unspecified atom stereocenters. The van der Waals surface area contributed by atoms with E-state index < -0.39 is 11.6 Å². The number of benzene rings is 2. The molecule has 27 heavy (non-hydrogen) atoms. The Morgan fingerprint density at radius 2 is 1.67 bits per heavy atom. The third-order valence-corrected chi connectivity index (χ3v) is 5.59. The summed E-state index contributed by atoms with van der Waals surface area (Å²) in [4.78, 5) is 0. The summed E-state index contributed by atoms with van der Waals surface area (Å²) < 4.78 is 33.7. The second-order valence-corrected chi connectivity index (χ2v) is 7.32. The van der Waals surface area contributed by atoms with Gasteiger partial charge in [0, 0.05) is 5.56 Å². The van der Waals surface area contributed by atoms with E-state index in [1.54, 1.807) is 13.0 Å². The van der Waals surface area contributed by atoms with Crippen molar-refractivity contribution in [3.8, 4) is 16.9 Å². The Kier molecular flexibility index (Phi) is 6.65. The Labute approximate surface area is 161 Å². The molecule has 0 radical (unpaired) electrons. The quantitative estimate of drug-likeness (QED) is 0.486. The molecule has 0 amide bonds. The highest BCUT2D eigenvalue weighted by molar-refractivity contribution is 5.65. The van der Waals surface area contributed by atoms with Crippen LogP contribution in [0.2, 0.25) is 0 Å². The maximum absolute atomic E-state index is 14.4. The predicted octanol–water partition coefficient (Wildman–Crippen LogP) is 7.27. The number of hydrogen-bond acceptors (Lipinski definition) is 1. The van der Waals surface area contributed by atoms with Gasteiger partial charge in [-0.25, -0.2) is 4.39 Å². The van der Waals surface area contributed by atoms with E-state index in [0.29, 0.717) is 18.1 Å². The molecule has 144 valence electrons. The third kappa shape index (κ3) is 4.58. The van der Waals surface area contributed by atoms with Crippen molar-refractivity contribution in [1.29, 1.82) is 0 Å². The molecule has 0 heterocycles. The second kappa shape index (κ2) is 9.16. The minimum absolute atomic E-state index is 0.0370. The summed E-state index contributed by atoms with van der Waals surface area (Å²) in [6, 6.07) is 11.0. The third-order valence-electron chi connectivity index (χ3n) is 5.59. The van der Waals surface area contributed by atoms with Crippen molar-refractivity contribution in [2.45, 2.75) is 51.9 Å². The zero-order chi connectivity index (χ0) is 19.2. The molecule has 1 fully saturated rings. The summed E-state index contributed by atoms with van der Waals surface area (Å²) in [6.45, 7) is 4.13. The maximum atomic E-state index is 14.4. The first kappa shape index (κ1) is 19.6. The van der Waals surface area contributed by atoms with Gasteiger partial charge < -0.3 is 4.74 Å². The standard InChI is InChI=1S/C24H28F2O/c1-3-5-6-17-7-9-18(10-8-17)19-11-13-20(14-12-19)21-15-16-22(27-4-2)24(26)23(21)25/h3,5,11-18H,4,6-10H2,1-2H3/b5-3-. The highest BCUT2D eigenvalue weighted by atomic mass is 19.2. The fraction of sp³-hybridized carbons (Fsp3) is 0.417. The van der Waals surface area contributed by atoms with E-state index in [-0.39, 0.29) is 11.3 Å². The number of halogens is 2. The molecular formula is C24H28F2O. The number of hydrogen-bond donors (Lipinski definition) is 0. The van der Waals surface area contributed by atoms with Gasteiger partial charge in [0.2, 0.25) is 5.82 Å². The first-order valence-electron chi connectivity index (χ1n) is 9.96. The average molecular weight is 370 g/mol. The molecule has 0 aromatic heterocycles. The first-order valence-corrected chi connectivity index (χ1v) is 9.96. The van der Waals surface area contributed by atoms with Crippen molar-refractivity contribution in [2.24, 2.45) is 5.92 Å². The van der Waals surface area contributed by atoms with Crippen molar-refractivity contribution in [2.75, 3.05) is 6.61 Å². The predicted molar refractivity (Wildman–Crippen MR) is 107 cm³/mol. The van der Waals surface area contributed by atoms with Crippen molar-refractivity contribution >= 4 is 0 Å². The summed E-state index contributed by atoms with van der Waals surface area (Å²) >= 11 is 0. The molecule has 0 atom stereocenters. The molecule has 3 heteroatoms. The van der Waals surface area contributed by atoms with Crippen LogP contribution in [0.25, 0.3) is 11.1 Å². The molecule has 2 aromatic rings. The Bertz CT molecular complexity index is 772. The van der Waals surface area contributed by atoms with Crippen LogP contribution in [0.3, 0.4) is 0 Å². The Morgan fingerprint density at radius 1 is 0.963 bits per heavy atom. The Morgan fingerprint density at radius 3 is 2.30 bits per heavy atom. The van der Waals surface area contributed by atoms with E-state index in [4.69, 9.17) is 4.74 Å². The number of rotatable bonds is 6. The van der Waals surface area contributed by atoms with E-state index >= 15 is 0 Å². The smallest absolute Gasteiger partial charge is 0.201 e. The van der Waals surface area contributed by atoms with E-state index in [1.807, 2.05) is 12.1 Å². The van der Waals surface area contributed by atoms with Crippen molar-refractivity contribution in [1.82, 2.24) is 0 Å². The lowest BCUT2D eigenvalue weighted by Gasteiger charge is -2.28. The lowest BCUT2D eigenvalue weighted by Crippen LogP contribution is -2.12. The largest absolute Gasteiger partial charge is 0.491 e. The zero-order valence-electron chi connectivity index (χ0n) is 16.2. The number of ether oxygens (including phenoxy) is 1. The van der Waals surface area contributed by atoms with Gasteiger partial charge in [0.1, 0.15) is 0 Å². The van der Waals surface area contributed by atoms with Gasteiger partial charge >= 0.3 is 0 Å². The molecule has 2 aromatic carbocycles. The van der Waals surface area contributed by atoms with E-state index in [0.717, 1.165) is 5.92 Å². The van der Waals surface area contributed by atoms with E-state index in [9.17, 15) is 8.78 Å². The molecule has 0 N–H and O–H groups in total. The molecule has 1 aliphatic rings. The topological polar surface area (TPSA) is 9.23 Å². The fourth-order valence-electron chi connectivity index (χ4n) is 4.02. The minimum Gasteiger partial charge on any atom is -0.491 e. The van der Waals surface area contributed by atoms with Gasteiger partial charge in [0.25, 0.3) is 0 Å². The lowest BCUT2D eigenvalue weighted by molar-refractivity contribution is 0.314. The van der Waals surface area contributed by atoms with Gasteiger partial charge in [-0.1, -0.05) is 36.4 Å². The monoisotopic (exact) mass is 370 g/mol. The van der Waals surface area contributed by atoms with Crippen LogP contribution in [0.1, 0.15) is 57.4 Å². The molecule has 1 nitrogen and oxygen atoms in total. The highest BCUT2D eigenvalue weighted by Gasteiger charge is 2.22. The molecular weight excluding hydrogens is 342 g/mol.